The summed E-state index contributed by atoms with van der Waals surface area (Å²) < 4.78 is 21.0. The van der Waals surface area contributed by atoms with Crippen LogP contribution in [0, 0.1) is 15.9 Å². The van der Waals surface area contributed by atoms with Crippen LogP contribution in [-0.4, -0.2) is 16.3 Å². The van der Waals surface area contributed by atoms with Gasteiger partial charge in [-0.1, -0.05) is 12.1 Å². The van der Waals surface area contributed by atoms with Gasteiger partial charge in [-0.05, 0) is 29.6 Å². The number of nitro groups is 1. The normalized spacial score (nSPS) is 13.9. The molecule has 1 aliphatic rings. The summed E-state index contributed by atoms with van der Waals surface area (Å²) in [5.41, 5.74) is 1.63. The van der Waals surface area contributed by atoms with Crippen LogP contribution in [0.3, 0.4) is 0 Å². The largest absolute Gasteiger partial charge is 0.496 e. The predicted octanol–water partition coefficient (Wildman–Crippen LogP) is 3.77. The molecule has 0 unspecified atom stereocenters. The van der Waals surface area contributed by atoms with Crippen LogP contribution in [0.25, 0.3) is 0 Å². The number of rotatable bonds is 4. The monoisotopic (exact) mass is 320 g/mol. The van der Waals surface area contributed by atoms with E-state index in [1.165, 1.54) is 37.3 Å². The van der Waals surface area contributed by atoms with E-state index in [2.05, 4.69) is 0 Å². The van der Waals surface area contributed by atoms with E-state index in [4.69, 9.17) is 4.74 Å². The highest BCUT2D eigenvalue weighted by molar-refractivity contribution is 7.97. The molecule has 0 saturated carbocycles. The van der Waals surface area contributed by atoms with Gasteiger partial charge in [0.05, 0.1) is 16.9 Å². The topological polar surface area (TPSA) is 55.6 Å². The van der Waals surface area contributed by atoms with Gasteiger partial charge in [-0.15, -0.1) is 0 Å². The predicted molar refractivity (Wildman–Crippen MR) is 81.2 cm³/mol. The van der Waals surface area contributed by atoms with Crippen LogP contribution in [0.5, 0.6) is 5.75 Å². The lowest BCUT2D eigenvalue weighted by Crippen LogP contribution is -2.06. The van der Waals surface area contributed by atoms with Crippen molar-refractivity contribution in [3.8, 4) is 5.75 Å². The van der Waals surface area contributed by atoms with Gasteiger partial charge in [-0.2, -0.15) is 0 Å². The van der Waals surface area contributed by atoms with E-state index in [-0.39, 0.29) is 11.5 Å². The number of non-ortho nitro benzene ring substituents is 1. The van der Waals surface area contributed by atoms with Gasteiger partial charge in [0.1, 0.15) is 11.6 Å². The van der Waals surface area contributed by atoms with E-state index < -0.39 is 4.92 Å². The fourth-order valence-electron chi connectivity index (χ4n) is 2.40. The number of benzene rings is 2. The van der Waals surface area contributed by atoms with Gasteiger partial charge in [-0.3, -0.25) is 10.1 Å². The first-order chi connectivity index (χ1) is 10.6. The Morgan fingerprint density at radius 3 is 2.82 bits per heavy atom. The summed E-state index contributed by atoms with van der Waals surface area (Å²) in [6.07, 6.45) is 0. The van der Waals surface area contributed by atoms with E-state index in [0.717, 1.165) is 5.56 Å². The van der Waals surface area contributed by atoms with Crippen molar-refractivity contribution in [1.29, 1.82) is 0 Å². The third kappa shape index (κ3) is 2.77. The number of nitrogens with zero attached hydrogens (tertiary/aromatic N) is 2. The molecule has 0 atom stereocenters. The van der Waals surface area contributed by atoms with E-state index in [0.29, 0.717) is 29.3 Å². The van der Waals surface area contributed by atoms with Crippen LogP contribution < -0.4 is 4.74 Å². The van der Waals surface area contributed by atoms with Crippen molar-refractivity contribution in [1.82, 2.24) is 4.31 Å². The Kier molecular flexibility index (Phi) is 4.00. The molecule has 0 aromatic heterocycles. The molecule has 0 bridgehead atoms. The molecule has 0 aliphatic carbocycles. The zero-order valence-corrected chi connectivity index (χ0v) is 12.6. The summed E-state index contributed by atoms with van der Waals surface area (Å²) in [6, 6.07) is 9.48. The Labute approximate surface area is 131 Å². The highest BCUT2D eigenvalue weighted by Gasteiger charge is 2.24. The van der Waals surface area contributed by atoms with Gasteiger partial charge in [0.25, 0.3) is 5.69 Å². The first-order valence-electron chi connectivity index (χ1n) is 6.60. The SMILES string of the molecule is COc1ccc([N+](=O)[O-])cc1SN1Cc2cccc(F)c2C1. The second-order valence-corrected chi connectivity index (χ2v) is 6.00. The molecule has 22 heavy (non-hydrogen) atoms. The number of ether oxygens (including phenoxy) is 1. The molecule has 114 valence electrons. The van der Waals surface area contributed by atoms with Crippen molar-refractivity contribution in [2.75, 3.05) is 7.11 Å². The standard InChI is InChI=1S/C15H13FN2O3S/c1-21-14-6-5-11(18(19)20)7-15(14)22-17-8-10-3-2-4-13(16)12(10)9-17/h2-7H,8-9H2,1H3. The lowest BCUT2D eigenvalue weighted by molar-refractivity contribution is -0.385. The highest BCUT2D eigenvalue weighted by atomic mass is 32.2. The average molecular weight is 320 g/mol. The van der Waals surface area contributed by atoms with E-state index in [1.54, 1.807) is 12.1 Å². The molecular formula is C15H13FN2O3S. The van der Waals surface area contributed by atoms with Crippen LogP contribution in [0.2, 0.25) is 0 Å². The molecule has 0 saturated heterocycles. The first kappa shape index (κ1) is 14.8. The Balaban J connectivity index is 1.84. The molecule has 0 spiro atoms. The number of hydrogen-bond acceptors (Lipinski definition) is 5. The lowest BCUT2D eigenvalue weighted by Gasteiger charge is -2.15. The fraction of sp³-hybridized carbons (Fsp3) is 0.200. The van der Waals surface area contributed by atoms with Gasteiger partial charge in [0.2, 0.25) is 0 Å². The second-order valence-electron chi connectivity index (χ2n) is 4.86. The zero-order chi connectivity index (χ0) is 15.7. The summed E-state index contributed by atoms with van der Waals surface area (Å²) in [4.78, 5) is 11.1. The van der Waals surface area contributed by atoms with Crippen LogP contribution in [0.15, 0.2) is 41.3 Å². The molecule has 0 radical (unpaired) electrons. The number of hydrogen-bond donors (Lipinski definition) is 0. The van der Waals surface area contributed by atoms with Crippen LogP contribution in [0.4, 0.5) is 10.1 Å². The summed E-state index contributed by atoms with van der Waals surface area (Å²) in [6.45, 7) is 1.04. The third-order valence-electron chi connectivity index (χ3n) is 3.48. The van der Waals surface area contributed by atoms with Gasteiger partial charge in [0.15, 0.2) is 0 Å². The summed E-state index contributed by atoms with van der Waals surface area (Å²) >= 11 is 1.34. The zero-order valence-electron chi connectivity index (χ0n) is 11.8. The minimum atomic E-state index is -0.443. The van der Waals surface area contributed by atoms with Crippen molar-refractivity contribution in [3.05, 3.63) is 63.5 Å². The Morgan fingerprint density at radius 1 is 1.32 bits per heavy atom. The molecule has 2 aromatic carbocycles. The summed E-state index contributed by atoms with van der Waals surface area (Å²) in [7, 11) is 1.52. The number of nitro benzene ring substituents is 1. The van der Waals surface area contributed by atoms with Gasteiger partial charge >= 0.3 is 0 Å². The fourth-order valence-corrected chi connectivity index (χ4v) is 3.49. The Bertz CT molecular complexity index is 739. The van der Waals surface area contributed by atoms with Crippen molar-refractivity contribution >= 4 is 17.6 Å². The summed E-state index contributed by atoms with van der Waals surface area (Å²) in [5.74, 6) is 0.346. The van der Waals surface area contributed by atoms with Crippen LogP contribution >= 0.6 is 11.9 Å². The first-order valence-corrected chi connectivity index (χ1v) is 7.37. The van der Waals surface area contributed by atoms with E-state index in [9.17, 15) is 14.5 Å². The molecule has 1 heterocycles. The van der Waals surface area contributed by atoms with E-state index >= 15 is 0 Å². The second kappa shape index (κ2) is 5.94. The number of methoxy groups -OCH3 is 1. The van der Waals surface area contributed by atoms with Gasteiger partial charge in [0, 0.05) is 30.8 Å². The van der Waals surface area contributed by atoms with Crippen LogP contribution in [0.1, 0.15) is 11.1 Å². The van der Waals surface area contributed by atoms with Crippen LogP contribution in [-0.2, 0) is 13.1 Å². The molecule has 0 fully saturated rings. The Morgan fingerprint density at radius 2 is 2.14 bits per heavy atom. The minimum absolute atomic E-state index is 0.00573. The average Bonchev–Trinajstić information content (AvgIpc) is 2.91. The van der Waals surface area contributed by atoms with Crippen molar-refractivity contribution < 1.29 is 14.1 Å². The molecule has 2 aromatic rings. The lowest BCUT2D eigenvalue weighted by atomic mass is 10.1. The molecule has 3 rings (SSSR count). The van der Waals surface area contributed by atoms with Gasteiger partial charge < -0.3 is 4.74 Å². The summed E-state index contributed by atoms with van der Waals surface area (Å²) in [5, 5.41) is 10.9. The maximum Gasteiger partial charge on any atom is 0.270 e. The third-order valence-corrected chi connectivity index (χ3v) is 4.51. The van der Waals surface area contributed by atoms with E-state index in [1.807, 2.05) is 10.4 Å². The van der Waals surface area contributed by atoms with Crippen molar-refractivity contribution in [2.45, 2.75) is 18.0 Å². The molecular weight excluding hydrogens is 307 g/mol. The highest BCUT2D eigenvalue weighted by Crippen LogP contribution is 2.39. The molecule has 1 aliphatic heterocycles. The smallest absolute Gasteiger partial charge is 0.270 e. The molecule has 7 heteroatoms. The Hall–Kier alpha value is -2.12. The molecule has 0 N–H and O–H groups in total. The molecule has 0 amide bonds. The maximum atomic E-state index is 13.8. The van der Waals surface area contributed by atoms with Crippen molar-refractivity contribution in [2.24, 2.45) is 0 Å². The number of fused-ring (bicyclic) bond motifs is 1. The van der Waals surface area contributed by atoms with Crippen molar-refractivity contribution in [3.63, 3.8) is 0 Å². The molecule has 5 nitrogen and oxygen atoms in total. The number of halogens is 1. The quantitative estimate of drug-likeness (QED) is 0.488. The van der Waals surface area contributed by atoms with Gasteiger partial charge in [-0.25, -0.2) is 8.70 Å². The minimum Gasteiger partial charge on any atom is -0.496 e. The maximum absolute atomic E-state index is 13.8.